The summed E-state index contributed by atoms with van der Waals surface area (Å²) in [7, 11) is -3.47. The number of aromatic nitrogens is 1. The highest BCUT2D eigenvalue weighted by Crippen LogP contribution is 2.21. The van der Waals surface area contributed by atoms with Crippen molar-refractivity contribution in [2.24, 2.45) is 5.73 Å². The molecular weight excluding hydrogens is 282 g/mol. The van der Waals surface area contributed by atoms with Gasteiger partial charge >= 0.3 is 0 Å². The second-order valence-electron chi connectivity index (χ2n) is 4.06. The van der Waals surface area contributed by atoms with Crippen molar-refractivity contribution < 1.29 is 8.42 Å². The normalized spacial score (nSPS) is 11.7. The van der Waals surface area contributed by atoms with Crippen molar-refractivity contribution in [2.75, 3.05) is 0 Å². The zero-order valence-electron chi connectivity index (χ0n) is 10.5. The van der Waals surface area contributed by atoms with Crippen LogP contribution in [0.15, 0.2) is 34.7 Å². The molecule has 0 aliphatic carbocycles. The monoisotopic (exact) mass is 297 g/mol. The molecule has 0 amide bonds. The lowest BCUT2D eigenvalue weighted by Gasteiger charge is -2.04. The van der Waals surface area contributed by atoms with Crippen molar-refractivity contribution in [3.05, 3.63) is 46.6 Å². The van der Waals surface area contributed by atoms with Crippen LogP contribution in [0.4, 0.5) is 0 Å². The minimum absolute atomic E-state index is 0.228. The van der Waals surface area contributed by atoms with Crippen molar-refractivity contribution in [1.82, 2.24) is 9.71 Å². The summed E-state index contributed by atoms with van der Waals surface area (Å²) in [6, 6.07) is 7.00. The van der Waals surface area contributed by atoms with Crippen LogP contribution in [-0.2, 0) is 23.1 Å². The number of rotatable bonds is 5. The molecule has 0 aromatic carbocycles. The second kappa shape index (κ2) is 5.79. The number of nitrogens with two attached hydrogens (primary N) is 1. The highest BCUT2D eigenvalue weighted by atomic mass is 32.2. The minimum atomic E-state index is -3.47. The maximum absolute atomic E-state index is 12.0. The van der Waals surface area contributed by atoms with Crippen LogP contribution < -0.4 is 10.5 Å². The van der Waals surface area contributed by atoms with Gasteiger partial charge in [0, 0.05) is 29.9 Å². The molecule has 19 heavy (non-hydrogen) atoms. The highest BCUT2D eigenvalue weighted by Gasteiger charge is 2.16. The predicted molar refractivity (Wildman–Crippen MR) is 75.2 cm³/mol. The zero-order chi connectivity index (χ0) is 13.9. The summed E-state index contributed by atoms with van der Waals surface area (Å²) in [5.41, 5.74) is 7.20. The molecule has 0 radical (unpaired) electrons. The molecule has 0 spiro atoms. The third kappa shape index (κ3) is 3.60. The van der Waals surface area contributed by atoms with Gasteiger partial charge < -0.3 is 5.73 Å². The minimum Gasteiger partial charge on any atom is -0.326 e. The van der Waals surface area contributed by atoms with E-state index in [1.807, 2.05) is 19.1 Å². The fourth-order valence-electron chi connectivity index (χ4n) is 1.46. The Morgan fingerprint density at radius 1 is 1.32 bits per heavy atom. The number of aryl methyl sites for hydroxylation is 1. The molecule has 0 saturated carbocycles. The van der Waals surface area contributed by atoms with Crippen LogP contribution in [0.1, 0.15) is 16.1 Å². The Bertz CT molecular complexity index is 648. The van der Waals surface area contributed by atoms with E-state index in [9.17, 15) is 8.42 Å². The van der Waals surface area contributed by atoms with E-state index >= 15 is 0 Å². The first-order valence-electron chi connectivity index (χ1n) is 5.71. The number of nitrogens with zero attached hydrogens (tertiary/aromatic N) is 1. The van der Waals surface area contributed by atoms with Crippen LogP contribution in [0.3, 0.4) is 0 Å². The van der Waals surface area contributed by atoms with Gasteiger partial charge in [-0.15, -0.1) is 11.3 Å². The maximum atomic E-state index is 12.0. The Morgan fingerprint density at radius 3 is 2.68 bits per heavy atom. The van der Waals surface area contributed by atoms with Crippen molar-refractivity contribution in [3.63, 3.8) is 0 Å². The molecule has 7 heteroatoms. The van der Waals surface area contributed by atoms with E-state index in [2.05, 4.69) is 9.71 Å². The number of thiophene rings is 1. The standard InChI is InChI=1S/C12H15N3O2S2/c1-9-2-3-10(7-14-9)8-15-19(16,17)12-5-4-11(6-13)18-12/h2-5,7,15H,6,8,13H2,1H3. The van der Waals surface area contributed by atoms with Crippen molar-refractivity contribution in [1.29, 1.82) is 0 Å². The van der Waals surface area contributed by atoms with E-state index < -0.39 is 10.0 Å². The molecule has 3 N–H and O–H groups in total. The first-order valence-corrected chi connectivity index (χ1v) is 8.01. The van der Waals surface area contributed by atoms with Gasteiger partial charge in [-0.2, -0.15) is 0 Å². The van der Waals surface area contributed by atoms with Crippen LogP contribution in [0.25, 0.3) is 0 Å². The Labute approximate surface area is 116 Å². The first-order chi connectivity index (χ1) is 9.01. The summed E-state index contributed by atoms with van der Waals surface area (Å²) in [4.78, 5) is 4.97. The van der Waals surface area contributed by atoms with Crippen LogP contribution in [0.5, 0.6) is 0 Å². The average molecular weight is 297 g/mol. The molecule has 2 rings (SSSR count). The van der Waals surface area contributed by atoms with Crippen LogP contribution >= 0.6 is 11.3 Å². The van der Waals surface area contributed by atoms with Crippen LogP contribution in [-0.4, -0.2) is 13.4 Å². The van der Waals surface area contributed by atoms with Crippen molar-refractivity contribution >= 4 is 21.4 Å². The number of nitrogens with one attached hydrogen (secondary N) is 1. The molecule has 0 fully saturated rings. The summed E-state index contributed by atoms with van der Waals surface area (Å²) >= 11 is 1.19. The topological polar surface area (TPSA) is 85.1 Å². The molecule has 0 saturated heterocycles. The largest absolute Gasteiger partial charge is 0.326 e. The lowest BCUT2D eigenvalue weighted by atomic mass is 10.2. The second-order valence-corrected chi connectivity index (χ2v) is 7.22. The lowest BCUT2D eigenvalue weighted by molar-refractivity contribution is 0.583. The molecule has 2 aromatic rings. The molecule has 5 nitrogen and oxygen atoms in total. The number of hydrogen-bond acceptors (Lipinski definition) is 5. The summed E-state index contributed by atoms with van der Waals surface area (Å²) in [6.45, 7) is 2.46. The van der Waals surface area contributed by atoms with Crippen LogP contribution in [0.2, 0.25) is 0 Å². The number of pyridine rings is 1. The molecule has 102 valence electrons. The Morgan fingerprint density at radius 2 is 2.11 bits per heavy atom. The highest BCUT2D eigenvalue weighted by molar-refractivity contribution is 7.91. The van der Waals surface area contributed by atoms with Gasteiger partial charge in [-0.05, 0) is 30.7 Å². The average Bonchev–Trinajstić information content (AvgIpc) is 2.88. The smallest absolute Gasteiger partial charge is 0.250 e. The van der Waals surface area contributed by atoms with Crippen LogP contribution in [0, 0.1) is 6.92 Å². The maximum Gasteiger partial charge on any atom is 0.250 e. The summed E-state index contributed by atoms with van der Waals surface area (Å²) in [5.74, 6) is 0. The lowest BCUT2D eigenvalue weighted by Crippen LogP contribution is -2.22. The fourth-order valence-corrected chi connectivity index (χ4v) is 3.76. The van der Waals surface area contributed by atoms with E-state index in [1.165, 1.54) is 11.3 Å². The van der Waals surface area contributed by atoms with Gasteiger partial charge in [-0.3, -0.25) is 4.98 Å². The summed E-state index contributed by atoms with van der Waals surface area (Å²) in [5, 5.41) is 0. The Kier molecular flexibility index (Phi) is 4.31. The molecule has 0 aliphatic heterocycles. The van der Waals surface area contributed by atoms with Crippen molar-refractivity contribution in [3.8, 4) is 0 Å². The number of hydrogen-bond donors (Lipinski definition) is 2. The molecular formula is C12H15N3O2S2. The third-order valence-corrected chi connectivity index (χ3v) is 5.54. The van der Waals surface area contributed by atoms with Gasteiger partial charge in [0.25, 0.3) is 0 Å². The summed E-state index contributed by atoms with van der Waals surface area (Å²) < 4.78 is 26.9. The van der Waals surface area contributed by atoms with Gasteiger partial charge in [0.05, 0.1) is 0 Å². The van der Waals surface area contributed by atoms with E-state index in [1.54, 1.807) is 18.3 Å². The molecule has 2 aromatic heterocycles. The Hall–Kier alpha value is -1.28. The third-order valence-electron chi connectivity index (χ3n) is 2.54. The van der Waals surface area contributed by atoms with E-state index in [4.69, 9.17) is 5.73 Å². The predicted octanol–water partition coefficient (Wildman–Crippen LogP) is 1.39. The van der Waals surface area contributed by atoms with E-state index in [-0.39, 0.29) is 10.8 Å². The van der Waals surface area contributed by atoms with Gasteiger partial charge in [0.15, 0.2) is 0 Å². The van der Waals surface area contributed by atoms with Gasteiger partial charge in [0.1, 0.15) is 4.21 Å². The molecule has 0 aliphatic rings. The SMILES string of the molecule is Cc1ccc(CNS(=O)(=O)c2ccc(CN)s2)cn1. The Balaban J connectivity index is 2.07. The first kappa shape index (κ1) is 14.1. The molecule has 0 unspecified atom stereocenters. The molecule has 0 bridgehead atoms. The zero-order valence-corrected chi connectivity index (χ0v) is 12.1. The van der Waals surface area contributed by atoms with E-state index in [0.29, 0.717) is 6.54 Å². The molecule has 0 atom stereocenters. The van der Waals surface area contributed by atoms with Crippen molar-refractivity contribution in [2.45, 2.75) is 24.2 Å². The summed E-state index contributed by atoms with van der Waals surface area (Å²) in [6.07, 6.45) is 1.66. The quantitative estimate of drug-likeness (QED) is 0.873. The van der Waals surface area contributed by atoms with Gasteiger partial charge in [-0.25, -0.2) is 13.1 Å². The fraction of sp³-hybridized carbons (Fsp3) is 0.250. The van der Waals surface area contributed by atoms with Gasteiger partial charge in [0.2, 0.25) is 10.0 Å². The number of sulfonamides is 1. The van der Waals surface area contributed by atoms with Gasteiger partial charge in [-0.1, -0.05) is 6.07 Å². The van der Waals surface area contributed by atoms with E-state index in [0.717, 1.165) is 16.1 Å². The molecule has 2 heterocycles.